The maximum Gasteiger partial charge on any atom is 0.253 e. The van der Waals surface area contributed by atoms with Crippen molar-refractivity contribution in [1.29, 1.82) is 0 Å². The van der Waals surface area contributed by atoms with Crippen LogP contribution in [-0.2, 0) is 4.79 Å². The molecule has 0 saturated carbocycles. The maximum absolute atomic E-state index is 12.2. The number of nitrogens with zero attached hydrogens (tertiary/aromatic N) is 1. The molecule has 2 rings (SSSR count). The Bertz CT molecular complexity index is 528. The molecule has 0 radical (unpaired) electrons. The van der Waals surface area contributed by atoms with Gasteiger partial charge in [-0.05, 0) is 53.9 Å². The summed E-state index contributed by atoms with van der Waals surface area (Å²) in [5.74, 6) is -0.256. The molecule has 2 amide bonds. The standard InChI is InChI=1S/C14H16Br2N2O2/c1-9(14(20)18-6-2-3-7-18)17-13(19)11-5-4-10(15)8-12(11)16/h4-5,8-9H,2-3,6-7H2,1H3,(H,17,19). The largest absolute Gasteiger partial charge is 0.341 e. The average Bonchev–Trinajstić information content (AvgIpc) is 2.91. The molecular weight excluding hydrogens is 388 g/mol. The molecule has 1 fully saturated rings. The summed E-state index contributed by atoms with van der Waals surface area (Å²) in [4.78, 5) is 26.1. The Morgan fingerprint density at radius 1 is 1.25 bits per heavy atom. The van der Waals surface area contributed by atoms with Crippen LogP contribution in [0.15, 0.2) is 27.1 Å². The van der Waals surface area contributed by atoms with Gasteiger partial charge in [0.25, 0.3) is 5.91 Å². The molecule has 0 spiro atoms. The van der Waals surface area contributed by atoms with E-state index in [9.17, 15) is 9.59 Å². The number of rotatable bonds is 3. The van der Waals surface area contributed by atoms with Crippen LogP contribution in [0.5, 0.6) is 0 Å². The molecule has 1 aliphatic rings. The number of carbonyl (C=O) groups is 2. The molecule has 6 heteroatoms. The van der Waals surface area contributed by atoms with E-state index in [0.717, 1.165) is 30.4 Å². The Balaban J connectivity index is 2.01. The normalized spacial score (nSPS) is 16.1. The molecular formula is C14H16Br2N2O2. The summed E-state index contributed by atoms with van der Waals surface area (Å²) in [6.45, 7) is 3.31. The molecule has 0 bridgehead atoms. The van der Waals surface area contributed by atoms with Crippen molar-refractivity contribution in [3.63, 3.8) is 0 Å². The van der Waals surface area contributed by atoms with E-state index in [0.29, 0.717) is 10.0 Å². The second-order valence-corrected chi connectivity index (χ2v) is 6.62. The maximum atomic E-state index is 12.2. The van der Waals surface area contributed by atoms with E-state index < -0.39 is 6.04 Å². The highest BCUT2D eigenvalue weighted by atomic mass is 79.9. The monoisotopic (exact) mass is 402 g/mol. The lowest BCUT2D eigenvalue weighted by Crippen LogP contribution is -2.46. The number of hydrogen-bond donors (Lipinski definition) is 1. The summed E-state index contributed by atoms with van der Waals surface area (Å²) in [5.41, 5.74) is 0.522. The molecule has 0 aliphatic carbocycles. The van der Waals surface area contributed by atoms with Crippen LogP contribution in [0.3, 0.4) is 0 Å². The molecule has 1 aromatic carbocycles. The Morgan fingerprint density at radius 3 is 2.50 bits per heavy atom. The third kappa shape index (κ3) is 3.61. The van der Waals surface area contributed by atoms with Gasteiger partial charge in [0, 0.05) is 22.0 Å². The van der Waals surface area contributed by atoms with Crippen LogP contribution < -0.4 is 5.32 Å². The van der Waals surface area contributed by atoms with Crippen LogP contribution in [0.1, 0.15) is 30.1 Å². The fourth-order valence-corrected chi connectivity index (χ4v) is 3.45. The number of hydrogen-bond acceptors (Lipinski definition) is 2. The third-order valence-corrected chi connectivity index (χ3v) is 4.46. The van der Waals surface area contributed by atoms with E-state index in [1.165, 1.54) is 0 Å². The van der Waals surface area contributed by atoms with Gasteiger partial charge in [0.2, 0.25) is 5.91 Å². The van der Waals surface area contributed by atoms with Crippen LogP contribution in [0.4, 0.5) is 0 Å². The van der Waals surface area contributed by atoms with Crippen LogP contribution in [0, 0.1) is 0 Å². The van der Waals surface area contributed by atoms with Crippen LogP contribution in [0.25, 0.3) is 0 Å². The lowest BCUT2D eigenvalue weighted by Gasteiger charge is -2.21. The number of nitrogens with one attached hydrogen (secondary N) is 1. The SMILES string of the molecule is CC(NC(=O)c1ccc(Br)cc1Br)C(=O)N1CCCC1. The minimum atomic E-state index is -0.504. The van der Waals surface area contributed by atoms with Gasteiger partial charge in [-0.3, -0.25) is 9.59 Å². The third-order valence-electron chi connectivity index (χ3n) is 3.31. The molecule has 1 saturated heterocycles. The smallest absolute Gasteiger partial charge is 0.253 e. The van der Waals surface area contributed by atoms with Gasteiger partial charge in [-0.25, -0.2) is 0 Å². The first-order valence-corrected chi connectivity index (χ1v) is 8.12. The predicted molar refractivity (Wildman–Crippen MR) is 84.6 cm³/mol. The number of benzene rings is 1. The molecule has 1 aromatic rings. The molecule has 1 aliphatic heterocycles. The van der Waals surface area contributed by atoms with Crippen LogP contribution in [-0.4, -0.2) is 35.8 Å². The number of halogens is 2. The zero-order valence-corrected chi connectivity index (χ0v) is 14.3. The Labute approximate surface area is 135 Å². The van der Waals surface area contributed by atoms with Gasteiger partial charge in [-0.15, -0.1) is 0 Å². The van der Waals surface area contributed by atoms with Crippen LogP contribution >= 0.6 is 31.9 Å². The fraction of sp³-hybridized carbons (Fsp3) is 0.429. The van der Waals surface area contributed by atoms with Gasteiger partial charge in [0.05, 0.1) is 5.56 Å². The number of carbonyl (C=O) groups excluding carboxylic acids is 2. The van der Waals surface area contributed by atoms with Gasteiger partial charge in [-0.1, -0.05) is 15.9 Å². The van der Waals surface area contributed by atoms with E-state index in [2.05, 4.69) is 37.2 Å². The molecule has 4 nitrogen and oxygen atoms in total. The van der Waals surface area contributed by atoms with Crippen molar-refractivity contribution in [2.75, 3.05) is 13.1 Å². The first-order chi connectivity index (χ1) is 9.49. The van der Waals surface area contributed by atoms with Gasteiger partial charge in [0.1, 0.15) is 6.04 Å². The second-order valence-electron chi connectivity index (χ2n) is 4.85. The number of likely N-dealkylation sites (tertiary alicyclic amines) is 1. The topological polar surface area (TPSA) is 49.4 Å². The van der Waals surface area contributed by atoms with E-state index in [4.69, 9.17) is 0 Å². The Morgan fingerprint density at radius 2 is 1.90 bits per heavy atom. The minimum absolute atomic E-state index is 0.0101. The minimum Gasteiger partial charge on any atom is -0.341 e. The molecule has 1 unspecified atom stereocenters. The highest BCUT2D eigenvalue weighted by Gasteiger charge is 2.25. The molecule has 0 aromatic heterocycles. The molecule has 20 heavy (non-hydrogen) atoms. The van der Waals surface area contributed by atoms with Crippen LogP contribution in [0.2, 0.25) is 0 Å². The predicted octanol–water partition coefficient (Wildman–Crippen LogP) is 2.95. The highest BCUT2D eigenvalue weighted by Crippen LogP contribution is 2.22. The molecule has 1 heterocycles. The summed E-state index contributed by atoms with van der Waals surface area (Å²) in [5, 5.41) is 2.76. The summed E-state index contributed by atoms with van der Waals surface area (Å²) in [6.07, 6.45) is 2.09. The van der Waals surface area contributed by atoms with Crippen molar-refractivity contribution in [2.45, 2.75) is 25.8 Å². The first-order valence-electron chi connectivity index (χ1n) is 6.54. The first kappa shape index (κ1) is 15.5. The van der Waals surface area contributed by atoms with E-state index in [1.54, 1.807) is 19.1 Å². The van der Waals surface area contributed by atoms with E-state index in [-0.39, 0.29) is 11.8 Å². The summed E-state index contributed by atoms with van der Waals surface area (Å²) in [7, 11) is 0. The van der Waals surface area contributed by atoms with Gasteiger partial charge in [-0.2, -0.15) is 0 Å². The zero-order valence-electron chi connectivity index (χ0n) is 11.2. The van der Waals surface area contributed by atoms with Gasteiger partial charge >= 0.3 is 0 Å². The van der Waals surface area contributed by atoms with Crippen molar-refractivity contribution in [2.24, 2.45) is 0 Å². The fourth-order valence-electron chi connectivity index (χ4n) is 2.22. The van der Waals surface area contributed by atoms with Gasteiger partial charge in [0.15, 0.2) is 0 Å². The Hall–Kier alpha value is -0.880. The van der Waals surface area contributed by atoms with Crippen molar-refractivity contribution < 1.29 is 9.59 Å². The quantitative estimate of drug-likeness (QED) is 0.843. The van der Waals surface area contributed by atoms with Crippen molar-refractivity contribution in [3.8, 4) is 0 Å². The van der Waals surface area contributed by atoms with E-state index in [1.807, 2.05) is 11.0 Å². The van der Waals surface area contributed by atoms with Crippen molar-refractivity contribution in [3.05, 3.63) is 32.7 Å². The Kier molecular flexibility index (Phi) is 5.21. The van der Waals surface area contributed by atoms with Crippen molar-refractivity contribution >= 4 is 43.7 Å². The van der Waals surface area contributed by atoms with Gasteiger partial charge < -0.3 is 10.2 Å². The molecule has 108 valence electrons. The molecule has 1 N–H and O–H groups in total. The number of amides is 2. The summed E-state index contributed by atoms with van der Waals surface area (Å²) in [6, 6.07) is 4.82. The highest BCUT2D eigenvalue weighted by molar-refractivity contribution is 9.11. The second kappa shape index (κ2) is 6.72. The van der Waals surface area contributed by atoms with E-state index >= 15 is 0 Å². The summed E-state index contributed by atoms with van der Waals surface area (Å²) >= 11 is 6.70. The lowest BCUT2D eigenvalue weighted by molar-refractivity contribution is -0.131. The van der Waals surface area contributed by atoms with Crippen molar-refractivity contribution in [1.82, 2.24) is 10.2 Å². The zero-order chi connectivity index (χ0) is 14.7. The molecule has 1 atom stereocenters. The lowest BCUT2D eigenvalue weighted by atomic mass is 10.2. The average molecular weight is 404 g/mol. The summed E-state index contributed by atoms with van der Waals surface area (Å²) < 4.78 is 1.59.